The maximum atomic E-state index is 13.7. The van der Waals surface area contributed by atoms with Crippen molar-refractivity contribution in [2.24, 2.45) is 0 Å². The zero-order chi connectivity index (χ0) is 22.9. The van der Waals surface area contributed by atoms with Crippen molar-refractivity contribution in [3.8, 4) is 16.9 Å². The van der Waals surface area contributed by atoms with Gasteiger partial charge in [-0.25, -0.2) is 0 Å². The summed E-state index contributed by atoms with van der Waals surface area (Å²) >= 11 is 0. The van der Waals surface area contributed by atoms with Gasteiger partial charge in [0.15, 0.2) is 0 Å². The van der Waals surface area contributed by atoms with Crippen LogP contribution in [-0.2, 0) is 13.1 Å². The monoisotopic (exact) mass is 438 g/mol. The number of hydrogen-bond acceptors (Lipinski definition) is 3. The molecule has 3 aromatic carbocycles. The zero-order valence-corrected chi connectivity index (χ0v) is 19.5. The molecule has 5 rings (SSSR count). The molecule has 1 aliphatic heterocycles. The highest BCUT2D eigenvalue weighted by atomic mass is 16.5. The highest BCUT2D eigenvalue weighted by Gasteiger charge is 2.28. The second-order valence-corrected chi connectivity index (χ2v) is 8.95. The number of nitrogens with one attached hydrogen (secondary N) is 1. The van der Waals surface area contributed by atoms with Crippen LogP contribution in [0.3, 0.4) is 0 Å². The largest absolute Gasteiger partial charge is 0.496 e. The van der Waals surface area contributed by atoms with Gasteiger partial charge in [-0.05, 0) is 60.9 Å². The highest BCUT2D eigenvalue weighted by molar-refractivity contribution is 5.98. The summed E-state index contributed by atoms with van der Waals surface area (Å²) in [7, 11) is 1.71. The SMILES string of the molecule is COc1ccccc1CNC1CCCn2c1c(-c1ccccc1)c1cc(C)c(C)cc1c2=O. The van der Waals surface area contributed by atoms with E-state index < -0.39 is 0 Å². The van der Waals surface area contributed by atoms with Crippen LogP contribution in [0, 0.1) is 13.8 Å². The molecule has 0 spiro atoms. The van der Waals surface area contributed by atoms with Gasteiger partial charge in [0.05, 0.1) is 7.11 Å². The molecule has 1 aliphatic rings. The lowest BCUT2D eigenvalue weighted by Gasteiger charge is -2.31. The van der Waals surface area contributed by atoms with Crippen LogP contribution in [0.15, 0.2) is 71.5 Å². The number of ether oxygens (including phenoxy) is 1. The maximum Gasteiger partial charge on any atom is 0.258 e. The molecule has 2 heterocycles. The van der Waals surface area contributed by atoms with Gasteiger partial charge < -0.3 is 14.6 Å². The van der Waals surface area contributed by atoms with Crippen molar-refractivity contribution >= 4 is 10.8 Å². The normalized spacial score (nSPS) is 15.4. The number of pyridine rings is 1. The summed E-state index contributed by atoms with van der Waals surface area (Å²) in [5, 5.41) is 5.62. The molecule has 0 radical (unpaired) electrons. The van der Waals surface area contributed by atoms with Gasteiger partial charge in [0.1, 0.15) is 5.75 Å². The second kappa shape index (κ2) is 8.87. The molecule has 1 atom stereocenters. The van der Waals surface area contributed by atoms with E-state index >= 15 is 0 Å². The van der Waals surface area contributed by atoms with Crippen LogP contribution in [0.4, 0.5) is 0 Å². The summed E-state index contributed by atoms with van der Waals surface area (Å²) in [5.74, 6) is 0.881. The summed E-state index contributed by atoms with van der Waals surface area (Å²) in [6, 6.07) is 22.9. The molecule has 0 fully saturated rings. The summed E-state index contributed by atoms with van der Waals surface area (Å²) < 4.78 is 7.57. The van der Waals surface area contributed by atoms with Crippen molar-refractivity contribution in [3.05, 3.63) is 99.5 Å². The summed E-state index contributed by atoms with van der Waals surface area (Å²) in [6.45, 7) is 5.64. The minimum Gasteiger partial charge on any atom is -0.496 e. The van der Waals surface area contributed by atoms with Crippen LogP contribution >= 0.6 is 0 Å². The molecule has 33 heavy (non-hydrogen) atoms. The summed E-state index contributed by atoms with van der Waals surface area (Å²) in [4.78, 5) is 13.7. The zero-order valence-electron chi connectivity index (χ0n) is 19.5. The third kappa shape index (κ3) is 3.85. The molecule has 0 saturated carbocycles. The lowest BCUT2D eigenvalue weighted by atomic mass is 9.88. The topological polar surface area (TPSA) is 43.3 Å². The molecule has 0 bridgehead atoms. The second-order valence-electron chi connectivity index (χ2n) is 8.95. The molecular weight excluding hydrogens is 408 g/mol. The predicted molar refractivity (Wildman–Crippen MR) is 135 cm³/mol. The van der Waals surface area contributed by atoms with E-state index in [4.69, 9.17) is 4.74 Å². The van der Waals surface area contributed by atoms with Gasteiger partial charge in [0.2, 0.25) is 0 Å². The van der Waals surface area contributed by atoms with Gasteiger partial charge in [0.25, 0.3) is 5.56 Å². The number of benzene rings is 3. The fourth-order valence-corrected chi connectivity index (χ4v) is 5.09. The van der Waals surface area contributed by atoms with E-state index in [0.29, 0.717) is 6.54 Å². The first-order valence-electron chi connectivity index (χ1n) is 11.7. The number of rotatable bonds is 5. The number of para-hydroxylation sites is 1. The van der Waals surface area contributed by atoms with Crippen molar-refractivity contribution in [2.45, 2.75) is 45.8 Å². The van der Waals surface area contributed by atoms with E-state index in [1.165, 1.54) is 11.1 Å². The third-order valence-corrected chi connectivity index (χ3v) is 6.92. The van der Waals surface area contributed by atoms with Crippen LogP contribution in [0.1, 0.15) is 41.3 Å². The molecule has 1 unspecified atom stereocenters. The van der Waals surface area contributed by atoms with E-state index in [0.717, 1.165) is 58.3 Å². The molecule has 0 amide bonds. The van der Waals surface area contributed by atoms with Crippen molar-refractivity contribution in [1.29, 1.82) is 0 Å². The van der Waals surface area contributed by atoms with E-state index in [-0.39, 0.29) is 11.6 Å². The fourth-order valence-electron chi connectivity index (χ4n) is 5.09. The summed E-state index contributed by atoms with van der Waals surface area (Å²) in [5.41, 5.74) is 7.02. The predicted octanol–water partition coefficient (Wildman–Crippen LogP) is 5.92. The highest BCUT2D eigenvalue weighted by Crippen LogP contribution is 2.38. The number of aromatic nitrogens is 1. The maximum absolute atomic E-state index is 13.7. The average molecular weight is 439 g/mol. The molecule has 0 aliphatic carbocycles. The molecule has 4 nitrogen and oxygen atoms in total. The Morgan fingerprint density at radius 1 is 0.970 bits per heavy atom. The molecule has 1 N–H and O–H groups in total. The van der Waals surface area contributed by atoms with Gasteiger partial charge in [-0.15, -0.1) is 0 Å². The first-order valence-corrected chi connectivity index (χ1v) is 11.7. The molecule has 4 aromatic rings. The van der Waals surface area contributed by atoms with Gasteiger partial charge in [0, 0.05) is 41.3 Å². The van der Waals surface area contributed by atoms with E-state index in [1.54, 1.807) is 7.11 Å². The molecular formula is C29H30N2O2. The van der Waals surface area contributed by atoms with Gasteiger partial charge >= 0.3 is 0 Å². The average Bonchev–Trinajstić information content (AvgIpc) is 2.85. The third-order valence-electron chi connectivity index (χ3n) is 6.92. The number of nitrogens with zero attached hydrogens (tertiary/aromatic N) is 1. The Hall–Kier alpha value is -3.37. The van der Waals surface area contributed by atoms with Crippen molar-refractivity contribution in [1.82, 2.24) is 9.88 Å². The number of hydrogen-bond donors (Lipinski definition) is 1. The molecule has 168 valence electrons. The number of fused-ring (bicyclic) bond motifs is 2. The summed E-state index contributed by atoms with van der Waals surface area (Å²) in [6.07, 6.45) is 1.96. The van der Waals surface area contributed by atoms with Gasteiger partial charge in [-0.1, -0.05) is 54.6 Å². The van der Waals surface area contributed by atoms with E-state index in [9.17, 15) is 4.79 Å². The van der Waals surface area contributed by atoms with Crippen LogP contribution in [0.2, 0.25) is 0 Å². The van der Waals surface area contributed by atoms with Gasteiger partial charge in [-0.2, -0.15) is 0 Å². The van der Waals surface area contributed by atoms with Crippen molar-refractivity contribution in [3.63, 3.8) is 0 Å². The van der Waals surface area contributed by atoms with E-state index in [2.05, 4.69) is 61.6 Å². The van der Waals surface area contributed by atoms with Gasteiger partial charge in [-0.3, -0.25) is 4.79 Å². The quantitative estimate of drug-likeness (QED) is 0.421. The minimum absolute atomic E-state index is 0.0811. The fraction of sp³-hybridized carbons (Fsp3) is 0.276. The number of aryl methyl sites for hydroxylation is 2. The van der Waals surface area contributed by atoms with Crippen LogP contribution < -0.4 is 15.6 Å². The van der Waals surface area contributed by atoms with Crippen LogP contribution in [0.5, 0.6) is 5.75 Å². The molecule has 0 saturated heterocycles. The van der Waals surface area contributed by atoms with Crippen LogP contribution in [0.25, 0.3) is 21.9 Å². The number of methoxy groups -OCH3 is 1. The lowest BCUT2D eigenvalue weighted by Crippen LogP contribution is -2.35. The Balaban J connectivity index is 1.70. The Bertz CT molecular complexity index is 1370. The Morgan fingerprint density at radius 3 is 2.42 bits per heavy atom. The molecule has 4 heteroatoms. The smallest absolute Gasteiger partial charge is 0.258 e. The van der Waals surface area contributed by atoms with Crippen LogP contribution in [-0.4, -0.2) is 11.7 Å². The standard InChI is InChI=1S/C29H30N2O2/c1-19-16-23-24(17-20(19)2)29(32)31-15-9-13-25(28(31)27(23)21-10-5-4-6-11-21)30-18-22-12-7-8-14-26(22)33-3/h4-8,10-12,14,16-17,25,30H,9,13,15,18H2,1-3H3. The van der Waals surface area contributed by atoms with Crippen molar-refractivity contribution < 1.29 is 4.74 Å². The lowest BCUT2D eigenvalue weighted by molar-refractivity contribution is 0.378. The Labute approximate surface area is 194 Å². The van der Waals surface area contributed by atoms with Crippen molar-refractivity contribution in [2.75, 3.05) is 7.11 Å². The minimum atomic E-state index is 0.0811. The Morgan fingerprint density at radius 2 is 1.67 bits per heavy atom. The first-order chi connectivity index (χ1) is 16.1. The first kappa shape index (κ1) is 21.5. The van der Waals surface area contributed by atoms with E-state index in [1.807, 2.05) is 28.8 Å². The molecule has 1 aromatic heterocycles. The Kier molecular flexibility index (Phi) is 5.77.